The number of thiophene rings is 1. The van der Waals surface area contributed by atoms with E-state index in [1.807, 2.05) is 11.0 Å². The Kier molecular flexibility index (Phi) is 5.26. The average Bonchev–Trinajstić information content (AvgIpc) is 2.80. The molecule has 1 aromatic heterocycles. The van der Waals surface area contributed by atoms with Crippen LogP contribution < -0.4 is 5.32 Å². The highest BCUT2D eigenvalue weighted by Gasteiger charge is 2.38. The van der Waals surface area contributed by atoms with Crippen LogP contribution in [0.1, 0.15) is 38.5 Å². The molecule has 5 heteroatoms. The van der Waals surface area contributed by atoms with Crippen molar-refractivity contribution in [3.05, 3.63) is 20.8 Å². The van der Waals surface area contributed by atoms with Crippen molar-refractivity contribution in [2.75, 3.05) is 13.1 Å². The number of amides is 1. The smallest absolute Gasteiger partial charge is 0.240 e. The number of carbonyl (C=O) groups is 1. The molecule has 112 valence electrons. The number of piperidine rings is 1. The van der Waals surface area contributed by atoms with Gasteiger partial charge in [-0.2, -0.15) is 0 Å². The summed E-state index contributed by atoms with van der Waals surface area (Å²) >= 11 is 5.18. The summed E-state index contributed by atoms with van der Waals surface area (Å²) in [6.07, 6.45) is 2.26. The van der Waals surface area contributed by atoms with Crippen molar-refractivity contribution in [2.24, 2.45) is 5.41 Å². The molecule has 0 saturated carbocycles. The van der Waals surface area contributed by atoms with Crippen molar-refractivity contribution >= 4 is 33.2 Å². The zero-order valence-corrected chi connectivity index (χ0v) is 14.8. The third kappa shape index (κ3) is 3.62. The van der Waals surface area contributed by atoms with Gasteiger partial charge in [0.05, 0.1) is 16.4 Å². The number of hydrogen-bond donors (Lipinski definition) is 1. The minimum atomic E-state index is -0.0559. The first-order valence-electron chi connectivity index (χ1n) is 7.20. The molecular formula is C15H23BrN2OS. The van der Waals surface area contributed by atoms with E-state index in [4.69, 9.17) is 0 Å². The van der Waals surface area contributed by atoms with Crippen LogP contribution in [0.4, 0.5) is 0 Å². The first-order valence-corrected chi connectivity index (χ1v) is 8.81. The van der Waals surface area contributed by atoms with Gasteiger partial charge in [0.25, 0.3) is 0 Å². The fourth-order valence-corrected chi connectivity index (χ4v) is 4.28. The zero-order valence-electron chi connectivity index (χ0n) is 12.4. The monoisotopic (exact) mass is 358 g/mol. The fourth-order valence-electron chi connectivity index (χ4n) is 2.79. The minimum absolute atomic E-state index is 0.0405. The third-order valence-corrected chi connectivity index (χ3v) is 5.65. The van der Waals surface area contributed by atoms with E-state index in [-0.39, 0.29) is 17.4 Å². The molecule has 3 nitrogen and oxygen atoms in total. The maximum Gasteiger partial charge on any atom is 0.240 e. The predicted octanol–water partition coefficient (Wildman–Crippen LogP) is 3.64. The van der Waals surface area contributed by atoms with Crippen LogP contribution in [-0.4, -0.2) is 29.9 Å². The second-order valence-electron chi connectivity index (χ2n) is 6.04. The molecular weight excluding hydrogens is 336 g/mol. The molecule has 0 aliphatic carbocycles. The molecule has 1 aliphatic rings. The molecule has 1 aromatic rings. The summed E-state index contributed by atoms with van der Waals surface area (Å²) < 4.78 is 1.12. The molecule has 1 amide bonds. The van der Waals surface area contributed by atoms with Gasteiger partial charge in [0, 0.05) is 11.4 Å². The summed E-state index contributed by atoms with van der Waals surface area (Å²) in [5.41, 5.74) is 0.0405. The summed E-state index contributed by atoms with van der Waals surface area (Å²) in [5, 5.41) is 3.42. The Morgan fingerprint density at radius 2 is 2.30 bits per heavy atom. The lowest BCUT2D eigenvalue weighted by molar-refractivity contribution is -0.137. The van der Waals surface area contributed by atoms with E-state index in [0.29, 0.717) is 6.54 Å². The van der Waals surface area contributed by atoms with E-state index in [2.05, 4.69) is 48.1 Å². The Hall–Kier alpha value is -0.390. The number of hydrogen-bond acceptors (Lipinski definition) is 3. The van der Waals surface area contributed by atoms with E-state index >= 15 is 0 Å². The summed E-state index contributed by atoms with van der Waals surface area (Å²) in [6, 6.07) is 4.07. The van der Waals surface area contributed by atoms with E-state index < -0.39 is 0 Å². The molecule has 0 spiro atoms. The quantitative estimate of drug-likeness (QED) is 0.890. The van der Waals surface area contributed by atoms with Crippen LogP contribution in [0.15, 0.2) is 15.9 Å². The van der Waals surface area contributed by atoms with E-state index in [1.165, 1.54) is 4.88 Å². The Labute approximate surface area is 133 Å². The molecule has 2 rings (SSSR count). The molecule has 1 fully saturated rings. The average molecular weight is 359 g/mol. The van der Waals surface area contributed by atoms with Crippen molar-refractivity contribution in [2.45, 2.75) is 46.2 Å². The molecule has 1 N–H and O–H groups in total. The van der Waals surface area contributed by atoms with Gasteiger partial charge in [-0.25, -0.2) is 0 Å². The standard InChI is InChI=1S/C15H23BrN2OS/c1-4-18(10-11-6-7-12(16)20-11)14(19)13-15(2,3)8-5-9-17-13/h6-7,13,17H,4-5,8-10H2,1-3H3. The normalized spacial score (nSPS) is 21.7. The Balaban J connectivity index is 2.08. The van der Waals surface area contributed by atoms with Crippen LogP contribution >= 0.6 is 27.3 Å². The lowest BCUT2D eigenvalue weighted by Crippen LogP contribution is -2.56. The van der Waals surface area contributed by atoms with Gasteiger partial charge in [-0.1, -0.05) is 13.8 Å². The van der Waals surface area contributed by atoms with Crippen LogP contribution in [0.3, 0.4) is 0 Å². The summed E-state index contributed by atoms with van der Waals surface area (Å²) in [7, 11) is 0. The maximum atomic E-state index is 12.8. The van der Waals surface area contributed by atoms with Gasteiger partial charge < -0.3 is 10.2 Å². The van der Waals surface area contributed by atoms with E-state index in [0.717, 1.165) is 29.7 Å². The summed E-state index contributed by atoms with van der Waals surface area (Å²) in [6.45, 7) is 8.84. The van der Waals surface area contributed by atoms with Gasteiger partial charge in [0.1, 0.15) is 0 Å². The maximum absolute atomic E-state index is 12.8. The highest BCUT2D eigenvalue weighted by molar-refractivity contribution is 9.11. The molecule has 2 heterocycles. The Bertz CT molecular complexity index is 472. The van der Waals surface area contributed by atoms with Gasteiger partial charge in [-0.15, -0.1) is 11.3 Å². The number of nitrogens with zero attached hydrogens (tertiary/aromatic N) is 1. The molecule has 1 atom stereocenters. The van der Waals surface area contributed by atoms with Crippen molar-refractivity contribution in [1.29, 1.82) is 0 Å². The van der Waals surface area contributed by atoms with Crippen molar-refractivity contribution in [3.8, 4) is 0 Å². The van der Waals surface area contributed by atoms with E-state index in [9.17, 15) is 4.79 Å². The topological polar surface area (TPSA) is 32.3 Å². The summed E-state index contributed by atoms with van der Waals surface area (Å²) in [5.74, 6) is 0.238. The number of nitrogens with one attached hydrogen (secondary N) is 1. The number of likely N-dealkylation sites (N-methyl/N-ethyl adjacent to an activating group) is 1. The molecule has 0 aromatic carbocycles. The second-order valence-corrected chi connectivity index (χ2v) is 8.59. The zero-order chi connectivity index (χ0) is 14.8. The molecule has 0 radical (unpaired) electrons. The number of halogens is 1. The first kappa shape index (κ1) is 16.0. The highest BCUT2D eigenvalue weighted by Crippen LogP contribution is 2.32. The first-order chi connectivity index (χ1) is 9.44. The van der Waals surface area contributed by atoms with Gasteiger partial charge >= 0.3 is 0 Å². The van der Waals surface area contributed by atoms with Gasteiger partial charge in [0.2, 0.25) is 5.91 Å². The Morgan fingerprint density at radius 1 is 1.55 bits per heavy atom. The SMILES string of the molecule is CCN(Cc1ccc(Br)s1)C(=O)C1NCCCC1(C)C. The molecule has 20 heavy (non-hydrogen) atoms. The molecule has 1 saturated heterocycles. The number of rotatable bonds is 4. The van der Waals surface area contributed by atoms with Crippen LogP contribution in [-0.2, 0) is 11.3 Å². The van der Waals surface area contributed by atoms with Crippen molar-refractivity contribution in [1.82, 2.24) is 10.2 Å². The highest BCUT2D eigenvalue weighted by atomic mass is 79.9. The van der Waals surface area contributed by atoms with Crippen LogP contribution in [0.2, 0.25) is 0 Å². The predicted molar refractivity (Wildman–Crippen MR) is 87.9 cm³/mol. The van der Waals surface area contributed by atoms with Crippen LogP contribution in [0, 0.1) is 5.41 Å². The van der Waals surface area contributed by atoms with E-state index in [1.54, 1.807) is 11.3 Å². The lowest BCUT2D eigenvalue weighted by atomic mass is 9.77. The largest absolute Gasteiger partial charge is 0.336 e. The molecule has 0 bridgehead atoms. The third-order valence-electron chi connectivity index (χ3n) is 4.04. The summed E-state index contributed by atoms with van der Waals surface area (Å²) in [4.78, 5) is 16.0. The van der Waals surface area contributed by atoms with Gasteiger partial charge in [0.15, 0.2) is 0 Å². The molecule has 1 unspecified atom stereocenters. The number of carbonyl (C=O) groups excluding carboxylic acids is 1. The van der Waals surface area contributed by atoms with Gasteiger partial charge in [-0.05, 0) is 59.8 Å². The Morgan fingerprint density at radius 3 is 2.85 bits per heavy atom. The fraction of sp³-hybridized carbons (Fsp3) is 0.667. The van der Waals surface area contributed by atoms with Crippen molar-refractivity contribution in [3.63, 3.8) is 0 Å². The molecule has 1 aliphatic heterocycles. The van der Waals surface area contributed by atoms with Crippen LogP contribution in [0.5, 0.6) is 0 Å². The minimum Gasteiger partial charge on any atom is -0.336 e. The van der Waals surface area contributed by atoms with Crippen LogP contribution in [0.25, 0.3) is 0 Å². The second kappa shape index (κ2) is 6.58. The lowest BCUT2D eigenvalue weighted by Gasteiger charge is -2.40. The van der Waals surface area contributed by atoms with Gasteiger partial charge in [-0.3, -0.25) is 4.79 Å². The van der Waals surface area contributed by atoms with Crippen molar-refractivity contribution < 1.29 is 4.79 Å².